The number of morpholine rings is 1. The number of oxime groups is 1. The highest BCUT2D eigenvalue weighted by atomic mass is 16.5. The van der Waals surface area contributed by atoms with E-state index in [2.05, 4.69) is 240 Å². The zero-order valence-electron chi connectivity index (χ0n) is 93.8. The number of carbonyl (C=O) groups excluding carboxylic acids is 1. The van der Waals surface area contributed by atoms with Crippen molar-refractivity contribution in [1.29, 1.82) is 10.8 Å². The molecule has 0 radical (unpaired) electrons. The standard InChI is InChI=1S/C15H31N.C14H28N2O.C14H29N.C12H21N.2C11H22N2.C10H22N2.C10H19NO.C9H20N2.C8H17NO/c1-6-14(15(3,4)5)12-13-8-10-16(7-2)11-9-13;1-14(2,3)10-12-6-8-16(9-7-12)13(17)11-15(4)5;1-6-13(14(2,3)4)11-12-7-9-15(5)10-8-12;1-10(2)8-11-4-6-12(7-5-11)9-13-3;2*1-8(2)7-9-3-5-10(6-4-9)11(12)13;1-10(2,3)9-12-7-5-11(4)6-8-12;1-8(2)7-9-3-5-10(11-12)6-4-9;1-8(2)6-11-5-3-4-9(10)7-11;1-8(2)7-9-3-5-10-6-4-9/h13-14H,6-12H2,1-5H3;12H,6-11H2,1-5H3;12-13H,6-11H2,1-5H3;10-12H,4-9H2,1-2H3;2*8-10H,3-7H2,1-2H3,(H3,12,13);5-9H2,1-4H3;8-9,12H,3-7H2,1-2H3;8-9H,3-7,10H2,1-2H3;8H,3-7H2,1-2H3. The number of nitrogens with two attached hydrogens (primary N) is 3. The van der Waals surface area contributed by atoms with Crippen molar-refractivity contribution in [3.05, 3.63) is 11.4 Å². The SMILES string of the molecule is CC(C)CC1CCC(=NO)CC1.CC(C)CC1CCC(C(=N)N)CC1.CC(C)CC1CCC(C(=N)N)CC1.CC(C)CN1CCCC(N)C1.CC(C)CN1CCOCC1.CCC(CC1CCN(C)CC1)C(C)(C)C.CCC(CC1CCN(CC)CC1)C(C)(C)C.CN(C)CC(=O)N1CCC(CC(C)(C)C)CC1.CN1CCN(CC(C)(C)C)CC1.[C-]#[N+]CC1CCC(CC(C)C)CC1. The van der Waals surface area contributed by atoms with Crippen molar-refractivity contribution in [2.24, 2.45) is 151 Å². The fourth-order valence-electron chi connectivity index (χ4n) is 22.5. The Balaban J connectivity index is 0.000000736. The van der Waals surface area contributed by atoms with Crippen LogP contribution in [0, 0.1) is 146 Å². The van der Waals surface area contributed by atoms with E-state index in [0.29, 0.717) is 57.8 Å². The first-order valence-corrected chi connectivity index (χ1v) is 55.5. The van der Waals surface area contributed by atoms with Crippen LogP contribution in [0.5, 0.6) is 0 Å². The molecule has 6 aliphatic heterocycles. The number of ether oxygens (including phenoxy) is 1. The minimum atomic E-state index is 0.282. The van der Waals surface area contributed by atoms with Gasteiger partial charge in [-0.15, -0.1) is 0 Å². The first-order valence-electron chi connectivity index (χ1n) is 55.5. The molecule has 6 heterocycles. The molecule has 3 unspecified atom stereocenters. The number of amidine groups is 2. The third kappa shape index (κ3) is 65.1. The minimum Gasteiger partial charge on any atom is -0.411 e. The Bertz CT molecular complexity index is 2820. The van der Waals surface area contributed by atoms with Crippen molar-refractivity contribution in [1.82, 2.24) is 39.2 Å². The van der Waals surface area contributed by atoms with Crippen LogP contribution in [0.4, 0.5) is 0 Å². The van der Waals surface area contributed by atoms with E-state index in [1.165, 1.54) is 258 Å². The zero-order chi connectivity index (χ0) is 99.9. The minimum absolute atomic E-state index is 0.282. The number of carbonyl (C=O) groups is 1. The van der Waals surface area contributed by atoms with Crippen molar-refractivity contribution in [2.75, 3.05) is 172 Å². The lowest BCUT2D eigenvalue weighted by Crippen LogP contribution is -2.47. The van der Waals surface area contributed by atoms with Crippen molar-refractivity contribution in [3.8, 4) is 0 Å². The molecule has 0 aromatic carbocycles. The van der Waals surface area contributed by atoms with E-state index in [-0.39, 0.29) is 5.91 Å². The molecule has 10 aliphatic rings. The Morgan fingerprint density at radius 3 is 1.17 bits per heavy atom. The lowest BCUT2D eigenvalue weighted by Gasteiger charge is -2.37. The first-order chi connectivity index (χ1) is 61.7. The molecular weight excluding hydrogens is 1630 g/mol. The molecule has 0 bridgehead atoms. The largest absolute Gasteiger partial charge is 0.411 e. The van der Waals surface area contributed by atoms with Gasteiger partial charge in [-0.1, -0.05) is 205 Å². The maximum atomic E-state index is 11.9. The predicted octanol–water partition coefficient (Wildman–Crippen LogP) is 25.9. The molecule has 10 rings (SSSR count). The molecule has 0 aromatic rings. The summed E-state index contributed by atoms with van der Waals surface area (Å²) in [6, 6.07) is 0.433. The van der Waals surface area contributed by atoms with Crippen molar-refractivity contribution in [2.45, 2.75) is 405 Å². The average molecular weight is 1860 g/mol. The van der Waals surface area contributed by atoms with Crippen LogP contribution in [0.2, 0.25) is 0 Å². The predicted molar refractivity (Wildman–Crippen MR) is 577 cm³/mol. The summed E-state index contributed by atoms with van der Waals surface area (Å²) in [6.45, 7) is 94.3. The molecule has 4 saturated carbocycles. The van der Waals surface area contributed by atoms with Gasteiger partial charge in [-0.25, -0.2) is 6.57 Å². The number of likely N-dealkylation sites (tertiary alicyclic amines) is 4. The zero-order valence-corrected chi connectivity index (χ0v) is 93.8. The summed E-state index contributed by atoms with van der Waals surface area (Å²) in [5, 5.41) is 26.6. The summed E-state index contributed by atoms with van der Waals surface area (Å²) in [7, 11) is 8.35. The van der Waals surface area contributed by atoms with E-state index in [9.17, 15) is 4.79 Å². The first kappa shape index (κ1) is 127. The Kier molecular flexibility index (Phi) is 67.2. The van der Waals surface area contributed by atoms with E-state index < -0.39 is 0 Å². The molecule has 132 heavy (non-hydrogen) atoms. The third-order valence-electron chi connectivity index (χ3n) is 30.1. The van der Waals surface area contributed by atoms with Crippen LogP contribution in [-0.4, -0.2) is 246 Å². The number of hydrogen-bond acceptors (Lipinski definition) is 14. The monoisotopic (exact) mass is 1860 g/mol. The van der Waals surface area contributed by atoms with Gasteiger partial charge in [-0.3, -0.25) is 20.5 Å². The summed E-state index contributed by atoms with van der Waals surface area (Å²) in [5.41, 5.74) is 19.7. The summed E-state index contributed by atoms with van der Waals surface area (Å²) in [4.78, 5) is 34.3. The topological polar surface area (TPSA) is 215 Å². The van der Waals surface area contributed by atoms with Gasteiger partial charge in [0, 0.05) is 102 Å². The molecule has 18 heteroatoms. The maximum Gasteiger partial charge on any atom is 0.236 e. The van der Waals surface area contributed by atoms with E-state index in [4.69, 9.17) is 44.5 Å². The van der Waals surface area contributed by atoms with Crippen LogP contribution in [0.1, 0.15) is 399 Å². The third-order valence-corrected chi connectivity index (χ3v) is 30.1. The highest BCUT2D eigenvalue weighted by Gasteiger charge is 2.33. The summed E-state index contributed by atoms with van der Waals surface area (Å²) < 4.78 is 5.24. The normalized spacial score (nSPS) is 24.6. The average Bonchev–Trinajstić information content (AvgIpc) is 0.873. The number of piperidine rings is 4. The van der Waals surface area contributed by atoms with Gasteiger partial charge in [0.05, 0.1) is 37.1 Å². The molecule has 18 nitrogen and oxygen atoms in total. The Labute approximate surface area is 822 Å². The molecule has 6 saturated heterocycles. The molecule has 10 fully saturated rings. The summed E-state index contributed by atoms with van der Waals surface area (Å²) >= 11 is 0. The second-order valence-electron chi connectivity index (χ2n) is 51.1. The van der Waals surface area contributed by atoms with Gasteiger partial charge in [0.25, 0.3) is 0 Å². The number of nitrogens with zero attached hydrogens (tertiary/aromatic N) is 10. The van der Waals surface area contributed by atoms with E-state index in [1.807, 2.05) is 23.9 Å². The van der Waals surface area contributed by atoms with Gasteiger partial charge in [0.1, 0.15) is 0 Å². The van der Waals surface area contributed by atoms with Crippen LogP contribution >= 0.6 is 0 Å². The second-order valence-corrected chi connectivity index (χ2v) is 51.1. The van der Waals surface area contributed by atoms with Gasteiger partial charge in [-0.2, -0.15) is 0 Å². The van der Waals surface area contributed by atoms with Gasteiger partial charge in [0.15, 0.2) is 0 Å². The molecule has 9 N–H and O–H groups in total. The Hall–Kier alpha value is -2.99. The molecule has 4 aliphatic carbocycles. The van der Waals surface area contributed by atoms with Crippen molar-refractivity contribution < 1.29 is 14.7 Å². The quantitative estimate of drug-likeness (QED) is 0.0156. The maximum absolute atomic E-state index is 11.9. The molecule has 780 valence electrons. The van der Waals surface area contributed by atoms with E-state index in [0.717, 1.165) is 191 Å². The summed E-state index contributed by atoms with van der Waals surface area (Å²) in [5.74, 6) is 15.7. The van der Waals surface area contributed by atoms with Gasteiger partial charge in [0.2, 0.25) is 12.5 Å². The lowest BCUT2D eigenvalue weighted by atomic mass is 9.73. The van der Waals surface area contributed by atoms with Crippen LogP contribution < -0.4 is 17.2 Å². The van der Waals surface area contributed by atoms with Gasteiger partial charge in [-0.05, 0) is 377 Å². The number of amides is 1. The van der Waals surface area contributed by atoms with Gasteiger partial charge >= 0.3 is 0 Å². The second kappa shape index (κ2) is 69.8. The Morgan fingerprint density at radius 1 is 0.455 bits per heavy atom. The van der Waals surface area contributed by atoms with Crippen molar-refractivity contribution >= 4 is 23.3 Å². The van der Waals surface area contributed by atoms with Crippen LogP contribution in [0.25, 0.3) is 4.85 Å². The lowest BCUT2D eigenvalue weighted by molar-refractivity contribution is -0.133. The van der Waals surface area contributed by atoms with Crippen LogP contribution in [0.15, 0.2) is 5.16 Å². The fourth-order valence-corrected chi connectivity index (χ4v) is 22.5. The highest BCUT2D eigenvalue weighted by molar-refractivity contribution is 5.84. The van der Waals surface area contributed by atoms with Crippen LogP contribution in [0.3, 0.4) is 0 Å². The van der Waals surface area contributed by atoms with Crippen molar-refractivity contribution in [3.63, 3.8) is 0 Å². The molecule has 3 atom stereocenters. The van der Waals surface area contributed by atoms with Gasteiger partial charge < -0.3 is 66.3 Å². The highest BCUT2D eigenvalue weighted by Crippen LogP contribution is 2.41. The number of likely N-dealkylation sites (N-methyl/N-ethyl adjacent to an activating group) is 2. The van der Waals surface area contributed by atoms with E-state index in [1.54, 1.807) is 0 Å². The number of nitrogens with one attached hydrogen (secondary N) is 2. The summed E-state index contributed by atoms with van der Waals surface area (Å²) in [6.07, 6.45) is 42.4. The molecule has 1 amide bonds. The number of piperazine rings is 1. The Morgan fingerprint density at radius 2 is 0.826 bits per heavy atom. The molecule has 0 spiro atoms. The number of hydrogen-bond donors (Lipinski definition) is 6. The molecular formula is C114H231N15O3. The number of rotatable bonds is 26. The molecule has 0 aromatic heterocycles. The van der Waals surface area contributed by atoms with E-state index >= 15 is 0 Å². The fraction of sp³-hybridized carbons (Fsp3) is 0.956. The van der Waals surface area contributed by atoms with Crippen LogP contribution in [-0.2, 0) is 9.53 Å². The smallest absolute Gasteiger partial charge is 0.236 e.